The summed E-state index contributed by atoms with van der Waals surface area (Å²) in [5, 5.41) is 2.11. The molecule has 1 aromatic carbocycles. The van der Waals surface area contributed by atoms with Gasteiger partial charge in [0.25, 0.3) is 0 Å². The van der Waals surface area contributed by atoms with E-state index in [1.165, 1.54) is 10.4 Å². The van der Waals surface area contributed by atoms with Crippen molar-refractivity contribution in [3.8, 4) is 10.7 Å². The average molecular weight is 243 g/mol. The quantitative estimate of drug-likeness (QED) is 0.677. The van der Waals surface area contributed by atoms with E-state index in [1.54, 1.807) is 11.3 Å². The maximum Gasteiger partial charge on any atom is 0.148 e. The molecule has 0 fully saturated rings. The summed E-state index contributed by atoms with van der Waals surface area (Å²) in [6.07, 6.45) is 1.03. The van der Waals surface area contributed by atoms with Gasteiger partial charge in [-0.05, 0) is 41.6 Å². The lowest BCUT2D eigenvalue weighted by Gasteiger charge is -1.95. The highest BCUT2D eigenvalue weighted by Gasteiger charge is 2.10. The van der Waals surface area contributed by atoms with Crippen LogP contribution in [0.5, 0.6) is 0 Å². The zero-order valence-electron chi connectivity index (χ0n) is 9.53. The molecule has 3 aromatic rings. The van der Waals surface area contributed by atoms with Crippen molar-refractivity contribution >= 4 is 28.1 Å². The standard InChI is InChI=1S/C13H13N3S/c1-2-8-5-6-17-12(8)13-15-10-4-3-9(14)7-11(10)16-13/h3-7H,2,14H2,1H3,(H,15,16). The minimum Gasteiger partial charge on any atom is -0.399 e. The summed E-state index contributed by atoms with van der Waals surface area (Å²) in [5.41, 5.74) is 9.82. The molecule has 17 heavy (non-hydrogen) atoms. The summed E-state index contributed by atoms with van der Waals surface area (Å²) in [5.74, 6) is 0.942. The first-order valence-electron chi connectivity index (χ1n) is 5.60. The van der Waals surface area contributed by atoms with Crippen molar-refractivity contribution in [1.82, 2.24) is 9.97 Å². The van der Waals surface area contributed by atoms with Crippen LogP contribution in [0, 0.1) is 0 Å². The molecular formula is C13H13N3S. The Balaban J connectivity index is 2.18. The number of rotatable bonds is 2. The van der Waals surface area contributed by atoms with Crippen molar-refractivity contribution in [1.29, 1.82) is 0 Å². The lowest BCUT2D eigenvalue weighted by atomic mass is 10.2. The molecule has 0 atom stereocenters. The fraction of sp³-hybridized carbons (Fsp3) is 0.154. The van der Waals surface area contributed by atoms with Crippen LogP contribution in [0.2, 0.25) is 0 Å². The van der Waals surface area contributed by atoms with E-state index in [4.69, 9.17) is 5.73 Å². The second-order valence-corrected chi connectivity index (χ2v) is 4.91. The zero-order valence-corrected chi connectivity index (χ0v) is 10.3. The van der Waals surface area contributed by atoms with Crippen LogP contribution in [0.1, 0.15) is 12.5 Å². The van der Waals surface area contributed by atoms with Crippen molar-refractivity contribution in [3.63, 3.8) is 0 Å². The van der Waals surface area contributed by atoms with Crippen LogP contribution in [0.25, 0.3) is 21.7 Å². The molecule has 0 aliphatic carbocycles. The van der Waals surface area contributed by atoms with Crippen LogP contribution < -0.4 is 5.73 Å². The molecule has 3 rings (SSSR count). The number of hydrogen-bond acceptors (Lipinski definition) is 3. The molecule has 86 valence electrons. The summed E-state index contributed by atoms with van der Waals surface area (Å²) in [7, 11) is 0. The molecule has 0 amide bonds. The normalized spacial score (nSPS) is 11.1. The van der Waals surface area contributed by atoms with Crippen molar-refractivity contribution < 1.29 is 0 Å². The summed E-state index contributed by atoms with van der Waals surface area (Å²) >= 11 is 1.72. The highest BCUT2D eigenvalue weighted by atomic mass is 32.1. The molecule has 0 unspecified atom stereocenters. The third-order valence-electron chi connectivity index (χ3n) is 2.85. The highest BCUT2D eigenvalue weighted by molar-refractivity contribution is 7.13. The Hall–Kier alpha value is -1.81. The Morgan fingerprint density at radius 3 is 3.06 bits per heavy atom. The molecule has 0 saturated heterocycles. The number of H-pyrrole nitrogens is 1. The first-order chi connectivity index (χ1) is 8.28. The second kappa shape index (κ2) is 3.89. The molecule has 2 aromatic heterocycles. The van der Waals surface area contributed by atoms with Crippen molar-refractivity contribution in [3.05, 3.63) is 35.2 Å². The largest absolute Gasteiger partial charge is 0.399 e. The van der Waals surface area contributed by atoms with E-state index in [1.807, 2.05) is 18.2 Å². The Morgan fingerprint density at radius 1 is 1.35 bits per heavy atom. The van der Waals surface area contributed by atoms with E-state index in [-0.39, 0.29) is 0 Å². The minimum atomic E-state index is 0.759. The van der Waals surface area contributed by atoms with E-state index in [2.05, 4.69) is 28.3 Å². The molecule has 4 heteroatoms. The van der Waals surface area contributed by atoms with Crippen LogP contribution in [0.15, 0.2) is 29.6 Å². The van der Waals surface area contributed by atoms with Gasteiger partial charge < -0.3 is 10.7 Å². The number of anilines is 1. The molecule has 3 nitrogen and oxygen atoms in total. The van der Waals surface area contributed by atoms with Crippen molar-refractivity contribution in [2.24, 2.45) is 0 Å². The number of aromatic amines is 1. The molecule has 0 saturated carbocycles. The third-order valence-corrected chi connectivity index (χ3v) is 3.81. The fourth-order valence-electron chi connectivity index (χ4n) is 1.96. The van der Waals surface area contributed by atoms with E-state index >= 15 is 0 Å². The van der Waals surface area contributed by atoms with Crippen LogP contribution in [0.4, 0.5) is 5.69 Å². The molecular weight excluding hydrogens is 230 g/mol. The number of aryl methyl sites for hydroxylation is 1. The summed E-state index contributed by atoms with van der Waals surface area (Å²) < 4.78 is 0. The maximum atomic E-state index is 5.76. The molecule has 0 aliphatic heterocycles. The van der Waals surface area contributed by atoms with E-state index in [0.717, 1.165) is 29.0 Å². The number of nitrogen functional groups attached to an aromatic ring is 1. The Morgan fingerprint density at radius 2 is 2.24 bits per heavy atom. The smallest absolute Gasteiger partial charge is 0.148 e. The van der Waals surface area contributed by atoms with Crippen LogP contribution in [-0.4, -0.2) is 9.97 Å². The first kappa shape index (κ1) is 10.4. The second-order valence-electron chi connectivity index (χ2n) is 3.99. The Labute approximate surface area is 103 Å². The van der Waals surface area contributed by atoms with Crippen LogP contribution >= 0.6 is 11.3 Å². The molecule has 0 spiro atoms. The maximum absolute atomic E-state index is 5.76. The Kier molecular flexibility index (Phi) is 2.37. The van der Waals surface area contributed by atoms with Crippen LogP contribution in [-0.2, 0) is 6.42 Å². The third kappa shape index (κ3) is 1.70. The van der Waals surface area contributed by atoms with Gasteiger partial charge in [-0.3, -0.25) is 0 Å². The van der Waals surface area contributed by atoms with Gasteiger partial charge in [0, 0.05) is 5.69 Å². The predicted molar refractivity (Wildman–Crippen MR) is 73.2 cm³/mol. The fourth-order valence-corrected chi connectivity index (χ4v) is 2.90. The van der Waals surface area contributed by atoms with Gasteiger partial charge in [0.15, 0.2) is 0 Å². The van der Waals surface area contributed by atoms with Gasteiger partial charge in [-0.15, -0.1) is 11.3 Å². The van der Waals surface area contributed by atoms with Gasteiger partial charge in [0.2, 0.25) is 0 Å². The van der Waals surface area contributed by atoms with Gasteiger partial charge in [-0.25, -0.2) is 4.98 Å². The monoisotopic (exact) mass is 243 g/mol. The lowest BCUT2D eigenvalue weighted by Crippen LogP contribution is -1.82. The molecule has 0 radical (unpaired) electrons. The van der Waals surface area contributed by atoms with Crippen molar-refractivity contribution in [2.75, 3.05) is 5.73 Å². The Bertz CT molecular complexity index is 666. The van der Waals surface area contributed by atoms with E-state index < -0.39 is 0 Å². The topological polar surface area (TPSA) is 54.7 Å². The van der Waals surface area contributed by atoms with Gasteiger partial charge in [-0.1, -0.05) is 6.92 Å². The number of thiophene rings is 1. The summed E-state index contributed by atoms with van der Waals surface area (Å²) in [6, 6.07) is 7.90. The zero-order chi connectivity index (χ0) is 11.8. The van der Waals surface area contributed by atoms with Gasteiger partial charge >= 0.3 is 0 Å². The number of nitrogens with zero attached hydrogens (tertiary/aromatic N) is 1. The average Bonchev–Trinajstić information content (AvgIpc) is 2.93. The summed E-state index contributed by atoms with van der Waals surface area (Å²) in [6.45, 7) is 2.16. The van der Waals surface area contributed by atoms with Gasteiger partial charge in [0.05, 0.1) is 15.9 Å². The van der Waals surface area contributed by atoms with Gasteiger partial charge in [-0.2, -0.15) is 0 Å². The molecule has 3 N–H and O–H groups in total. The first-order valence-corrected chi connectivity index (χ1v) is 6.48. The molecule has 2 heterocycles. The van der Waals surface area contributed by atoms with Crippen molar-refractivity contribution in [2.45, 2.75) is 13.3 Å². The lowest BCUT2D eigenvalue weighted by molar-refractivity contribution is 1.15. The molecule has 0 aliphatic rings. The van der Waals surface area contributed by atoms with E-state index in [0.29, 0.717) is 0 Å². The number of imidazole rings is 1. The SMILES string of the molecule is CCc1ccsc1-c1nc2ccc(N)cc2[nH]1. The number of nitrogens with one attached hydrogen (secondary N) is 1. The number of fused-ring (bicyclic) bond motifs is 1. The minimum absolute atomic E-state index is 0.759. The van der Waals surface area contributed by atoms with Crippen LogP contribution in [0.3, 0.4) is 0 Å². The number of nitrogens with two attached hydrogens (primary N) is 1. The highest BCUT2D eigenvalue weighted by Crippen LogP contribution is 2.29. The number of benzene rings is 1. The van der Waals surface area contributed by atoms with Gasteiger partial charge in [0.1, 0.15) is 5.82 Å². The van der Waals surface area contributed by atoms with E-state index in [9.17, 15) is 0 Å². The number of hydrogen-bond donors (Lipinski definition) is 2. The summed E-state index contributed by atoms with van der Waals surface area (Å²) in [4.78, 5) is 9.16. The molecule has 0 bridgehead atoms. The predicted octanol–water partition coefficient (Wildman–Crippen LogP) is 3.44. The number of aromatic nitrogens is 2.